The molecule has 0 spiro atoms. The molecule has 0 amide bonds. The lowest BCUT2D eigenvalue weighted by Crippen LogP contribution is -2.48. The van der Waals surface area contributed by atoms with Crippen molar-refractivity contribution in [1.29, 1.82) is 0 Å². The van der Waals surface area contributed by atoms with Gasteiger partial charge in [-0.2, -0.15) is 5.10 Å². The summed E-state index contributed by atoms with van der Waals surface area (Å²) in [5.74, 6) is 3.18. The van der Waals surface area contributed by atoms with Crippen molar-refractivity contribution in [3.8, 4) is 17.0 Å². The third kappa shape index (κ3) is 5.04. The van der Waals surface area contributed by atoms with Crippen LogP contribution in [0.2, 0.25) is 0 Å². The van der Waals surface area contributed by atoms with Crippen molar-refractivity contribution in [1.82, 2.24) is 10.2 Å². The number of carbonyl (C=O) groups is 1. The zero-order valence-corrected chi connectivity index (χ0v) is 21.4. The van der Waals surface area contributed by atoms with E-state index in [0.717, 1.165) is 34.8 Å². The van der Waals surface area contributed by atoms with Gasteiger partial charge in [-0.1, -0.05) is 30.3 Å². The number of esters is 1. The fraction of sp³-hybridized carbons (Fsp3) is 0.406. The molecular formula is C32H34N2O3. The molecule has 3 aromatic rings. The second-order valence-electron chi connectivity index (χ2n) is 11.1. The summed E-state index contributed by atoms with van der Waals surface area (Å²) in [6.07, 6.45) is 11.1. The van der Waals surface area contributed by atoms with Gasteiger partial charge in [-0.05, 0) is 111 Å². The molecule has 1 aromatic heterocycles. The molecule has 1 heterocycles. The minimum absolute atomic E-state index is 0.201. The highest BCUT2D eigenvalue weighted by atomic mass is 16.5. The van der Waals surface area contributed by atoms with Gasteiger partial charge in [0.2, 0.25) is 0 Å². The number of benzene rings is 2. The van der Waals surface area contributed by atoms with Gasteiger partial charge >= 0.3 is 5.97 Å². The summed E-state index contributed by atoms with van der Waals surface area (Å²) in [5, 5.41) is 8.82. The highest BCUT2D eigenvalue weighted by molar-refractivity contribution is 5.86. The number of aromatic nitrogens is 2. The summed E-state index contributed by atoms with van der Waals surface area (Å²) < 4.78 is 11.5. The molecule has 4 saturated carbocycles. The number of hydrogen-bond acceptors (Lipinski definition) is 5. The van der Waals surface area contributed by atoms with E-state index in [1.807, 2.05) is 18.2 Å². The normalized spacial score (nSPS) is 25.9. The van der Waals surface area contributed by atoms with Crippen molar-refractivity contribution in [2.45, 2.75) is 57.5 Å². The van der Waals surface area contributed by atoms with E-state index in [2.05, 4.69) is 52.7 Å². The van der Waals surface area contributed by atoms with E-state index < -0.39 is 0 Å². The number of nitrogens with zero attached hydrogens (tertiary/aromatic N) is 2. The van der Waals surface area contributed by atoms with Gasteiger partial charge in [0.05, 0.1) is 18.0 Å². The molecule has 5 heteroatoms. The van der Waals surface area contributed by atoms with E-state index in [1.54, 1.807) is 13.0 Å². The first-order valence-corrected chi connectivity index (χ1v) is 13.6. The van der Waals surface area contributed by atoms with Gasteiger partial charge in [-0.15, -0.1) is 5.10 Å². The maximum absolute atomic E-state index is 11.6. The van der Waals surface area contributed by atoms with Crippen LogP contribution in [0.1, 0.15) is 62.3 Å². The van der Waals surface area contributed by atoms with E-state index in [0.29, 0.717) is 18.9 Å². The first-order valence-electron chi connectivity index (χ1n) is 13.6. The maximum atomic E-state index is 11.6. The Labute approximate surface area is 218 Å². The van der Waals surface area contributed by atoms with E-state index in [1.165, 1.54) is 55.7 Å². The Morgan fingerprint density at radius 3 is 2.32 bits per heavy atom. The standard InChI is InChI=1S/C32H34N2O3/c1-2-36-31(35)13-10-27-9-11-29(34-33-27)26-8-12-30(37-21-22-6-4-3-5-7-22)28(17-26)32-18-23-14-24(19-32)16-25(15-23)20-32/h3-13,17,23-25H,2,14-16,18-21H2,1H3/b13-10+. The Kier molecular flexibility index (Phi) is 6.54. The molecule has 0 N–H and O–H groups in total. The van der Waals surface area contributed by atoms with Crippen LogP contribution >= 0.6 is 0 Å². The summed E-state index contributed by atoms with van der Waals surface area (Å²) in [4.78, 5) is 11.6. The lowest BCUT2D eigenvalue weighted by molar-refractivity contribution is -0.137. The average Bonchev–Trinajstić information content (AvgIpc) is 2.91. The first-order chi connectivity index (χ1) is 18.1. The van der Waals surface area contributed by atoms with Crippen LogP contribution < -0.4 is 4.74 Å². The van der Waals surface area contributed by atoms with Crippen molar-refractivity contribution in [2.75, 3.05) is 6.61 Å². The van der Waals surface area contributed by atoms with Gasteiger partial charge in [0.15, 0.2) is 0 Å². The molecule has 190 valence electrons. The third-order valence-electron chi connectivity index (χ3n) is 8.48. The second-order valence-corrected chi connectivity index (χ2v) is 11.1. The summed E-state index contributed by atoms with van der Waals surface area (Å²) in [5.41, 5.74) is 5.25. The number of hydrogen-bond donors (Lipinski definition) is 0. The summed E-state index contributed by atoms with van der Waals surface area (Å²) >= 11 is 0. The highest BCUT2D eigenvalue weighted by Crippen LogP contribution is 2.62. The predicted molar refractivity (Wildman–Crippen MR) is 144 cm³/mol. The summed E-state index contributed by atoms with van der Waals surface area (Å²) in [6.45, 7) is 2.71. The SMILES string of the molecule is CCOC(=O)/C=C/c1ccc(-c2ccc(OCc3ccccc3)c(C34CC5CC(CC(C5)C3)C4)c2)nn1. The topological polar surface area (TPSA) is 61.3 Å². The fourth-order valence-electron chi connectivity index (χ4n) is 7.33. The first kappa shape index (κ1) is 23.9. The molecule has 4 bridgehead atoms. The second kappa shape index (κ2) is 10.1. The Morgan fingerprint density at radius 2 is 1.68 bits per heavy atom. The van der Waals surface area contributed by atoms with Crippen molar-refractivity contribution < 1.29 is 14.3 Å². The molecule has 4 aliphatic carbocycles. The van der Waals surface area contributed by atoms with E-state index in [9.17, 15) is 4.79 Å². The van der Waals surface area contributed by atoms with Gasteiger partial charge < -0.3 is 9.47 Å². The van der Waals surface area contributed by atoms with E-state index in [-0.39, 0.29) is 11.4 Å². The summed E-state index contributed by atoms with van der Waals surface area (Å²) in [7, 11) is 0. The van der Waals surface area contributed by atoms with Crippen LogP contribution in [0.25, 0.3) is 17.3 Å². The molecule has 5 nitrogen and oxygen atoms in total. The molecule has 4 fully saturated rings. The molecule has 2 aromatic carbocycles. The monoisotopic (exact) mass is 494 g/mol. The van der Waals surface area contributed by atoms with Gasteiger partial charge in [0, 0.05) is 17.2 Å². The van der Waals surface area contributed by atoms with E-state index >= 15 is 0 Å². The number of carbonyl (C=O) groups excluding carboxylic acids is 1. The van der Waals surface area contributed by atoms with Crippen LogP contribution in [0.4, 0.5) is 0 Å². The van der Waals surface area contributed by atoms with Crippen LogP contribution in [0.3, 0.4) is 0 Å². The lowest BCUT2D eigenvalue weighted by Gasteiger charge is -2.57. The predicted octanol–water partition coefficient (Wildman–Crippen LogP) is 6.77. The van der Waals surface area contributed by atoms with Crippen molar-refractivity contribution in [3.05, 3.63) is 83.6 Å². The van der Waals surface area contributed by atoms with Crippen molar-refractivity contribution in [2.24, 2.45) is 17.8 Å². The molecule has 37 heavy (non-hydrogen) atoms. The molecule has 0 aliphatic heterocycles. The zero-order valence-electron chi connectivity index (χ0n) is 21.4. The minimum atomic E-state index is -0.375. The van der Waals surface area contributed by atoms with Crippen molar-refractivity contribution >= 4 is 12.0 Å². The molecular weight excluding hydrogens is 460 g/mol. The zero-order chi connectivity index (χ0) is 25.2. The Balaban J connectivity index is 1.31. The average molecular weight is 495 g/mol. The molecule has 0 saturated heterocycles. The van der Waals surface area contributed by atoms with Crippen LogP contribution in [0, 0.1) is 17.8 Å². The van der Waals surface area contributed by atoms with E-state index in [4.69, 9.17) is 9.47 Å². The maximum Gasteiger partial charge on any atom is 0.330 e. The van der Waals surface area contributed by atoms with Crippen LogP contribution in [-0.4, -0.2) is 22.8 Å². The molecule has 7 rings (SSSR count). The molecule has 0 radical (unpaired) electrons. The van der Waals surface area contributed by atoms with Crippen molar-refractivity contribution in [3.63, 3.8) is 0 Å². The number of rotatable bonds is 8. The van der Waals surface area contributed by atoms with Gasteiger partial charge in [-0.3, -0.25) is 0 Å². The number of ether oxygens (including phenoxy) is 2. The lowest BCUT2D eigenvalue weighted by atomic mass is 9.48. The minimum Gasteiger partial charge on any atom is -0.489 e. The summed E-state index contributed by atoms with van der Waals surface area (Å²) in [6, 6.07) is 20.8. The molecule has 4 aliphatic rings. The third-order valence-corrected chi connectivity index (χ3v) is 8.48. The molecule has 0 atom stereocenters. The highest BCUT2D eigenvalue weighted by Gasteiger charge is 2.52. The quantitative estimate of drug-likeness (QED) is 0.256. The molecule has 0 unspecified atom stereocenters. The Hall–Kier alpha value is -3.47. The largest absolute Gasteiger partial charge is 0.489 e. The Morgan fingerprint density at radius 1 is 0.946 bits per heavy atom. The van der Waals surface area contributed by atoms with Gasteiger partial charge in [-0.25, -0.2) is 4.79 Å². The Bertz CT molecular complexity index is 1250. The van der Waals surface area contributed by atoms with Crippen LogP contribution in [0.15, 0.2) is 66.7 Å². The van der Waals surface area contributed by atoms with Gasteiger partial charge in [0.25, 0.3) is 0 Å². The van der Waals surface area contributed by atoms with Crippen LogP contribution in [-0.2, 0) is 21.6 Å². The van der Waals surface area contributed by atoms with Gasteiger partial charge in [0.1, 0.15) is 12.4 Å². The smallest absolute Gasteiger partial charge is 0.330 e. The fourth-order valence-corrected chi connectivity index (χ4v) is 7.33. The van der Waals surface area contributed by atoms with Crippen LogP contribution in [0.5, 0.6) is 5.75 Å².